The second-order valence-corrected chi connectivity index (χ2v) is 4.13. The third-order valence-electron chi connectivity index (χ3n) is 2.90. The minimum Gasteiger partial charge on any atom is -0.468 e. The number of furan rings is 1. The Hall–Kier alpha value is -0.800. The Kier molecular flexibility index (Phi) is 3.80. The molecule has 15 heavy (non-hydrogen) atoms. The molecule has 0 aliphatic carbocycles. The van der Waals surface area contributed by atoms with Gasteiger partial charge in [0.25, 0.3) is 0 Å². The van der Waals surface area contributed by atoms with Crippen LogP contribution in [-0.4, -0.2) is 19.3 Å². The topological polar surface area (TPSA) is 34.4 Å². The maximum atomic E-state index is 5.65. The van der Waals surface area contributed by atoms with Crippen molar-refractivity contribution in [2.45, 2.75) is 38.3 Å². The Bertz CT molecular complexity index is 265. The first kappa shape index (κ1) is 10.7. The Labute approximate surface area is 90.8 Å². The van der Waals surface area contributed by atoms with Crippen LogP contribution in [0.25, 0.3) is 0 Å². The lowest BCUT2D eigenvalue weighted by Gasteiger charge is -2.24. The highest BCUT2D eigenvalue weighted by Crippen LogP contribution is 2.15. The monoisotopic (exact) mass is 209 g/mol. The van der Waals surface area contributed by atoms with Crippen molar-refractivity contribution in [1.29, 1.82) is 0 Å². The molecule has 1 saturated heterocycles. The van der Waals surface area contributed by atoms with Crippen LogP contribution in [0.2, 0.25) is 0 Å². The lowest BCUT2D eigenvalue weighted by Crippen LogP contribution is -2.33. The molecule has 3 heteroatoms. The molecule has 2 heterocycles. The molecule has 3 nitrogen and oxygen atoms in total. The number of nitrogens with one attached hydrogen (secondary N) is 1. The molecule has 1 aliphatic heterocycles. The molecule has 0 spiro atoms. The van der Waals surface area contributed by atoms with Gasteiger partial charge in [0.2, 0.25) is 0 Å². The van der Waals surface area contributed by atoms with E-state index in [9.17, 15) is 0 Å². The Morgan fingerprint density at radius 1 is 1.53 bits per heavy atom. The van der Waals surface area contributed by atoms with E-state index in [4.69, 9.17) is 9.15 Å². The summed E-state index contributed by atoms with van der Waals surface area (Å²) in [6.07, 6.45) is 5.78. The van der Waals surface area contributed by atoms with Gasteiger partial charge < -0.3 is 14.5 Å². The van der Waals surface area contributed by atoms with E-state index in [0.29, 0.717) is 6.10 Å². The second-order valence-electron chi connectivity index (χ2n) is 4.13. The summed E-state index contributed by atoms with van der Waals surface area (Å²) >= 11 is 0. The first-order chi connectivity index (χ1) is 7.36. The van der Waals surface area contributed by atoms with E-state index in [1.165, 1.54) is 19.3 Å². The lowest BCUT2D eigenvalue weighted by atomic mass is 10.1. The highest BCUT2D eigenvalue weighted by atomic mass is 16.5. The molecule has 0 aromatic carbocycles. The molecule has 1 unspecified atom stereocenters. The standard InChI is InChI=1S/C12H19NO2/c1-10(12-6-4-8-15-12)13-9-11-5-2-3-7-14-11/h4,6,8,10-11,13H,2-3,5,7,9H2,1H3/t10-,11?/m0/s1. The number of ether oxygens (including phenoxy) is 1. The summed E-state index contributed by atoms with van der Waals surface area (Å²) in [5, 5.41) is 3.44. The predicted octanol–water partition coefficient (Wildman–Crippen LogP) is 2.50. The Morgan fingerprint density at radius 2 is 2.47 bits per heavy atom. The molecule has 1 aliphatic rings. The first-order valence-electron chi connectivity index (χ1n) is 5.74. The molecule has 0 amide bonds. The van der Waals surface area contributed by atoms with Gasteiger partial charge in [-0.25, -0.2) is 0 Å². The largest absolute Gasteiger partial charge is 0.468 e. The molecule has 2 atom stereocenters. The third-order valence-corrected chi connectivity index (χ3v) is 2.90. The number of rotatable bonds is 4. The first-order valence-corrected chi connectivity index (χ1v) is 5.74. The summed E-state index contributed by atoms with van der Waals surface area (Å²) in [7, 11) is 0. The smallest absolute Gasteiger partial charge is 0.120 e. The van der Waals surface area contributed by atoms with E-state index in [1.807, 2.05) is 12.1 Å². The molecule has 84 valence electrons. The van der Waals surface area contributed by atoms with Gasteiger partial charge in [-0.1, -0.05) is 0 Å². The molecule has 1 N–H and O–H groups in total. The van der Waals surface area contributed by atoms with Crippen molar-refractivity contribution in [3.05, 3.63) is 24.2 Å². The Morgan fingerprint density at radius 3 is 3.13 bits per heavy atom. The predicted molar refractivity (Wildman–Crippen MR) is 58.7 cm³/mol. The zero-order valence-corrected chi connectivity index (χ0v) is 9.24. The van der Waals surface area contributed by atoms with Crippen molar-refractivity contribution in [3.8, 4) is 0 Å². The van der Waals surface area contributed by atoms with Gasteiger partial charge in [0.1, 0.15) is 5.76 Å². The maximum absolute atomic E-state index is 5.65. The van der Waals surface area contributed by atoms with Gasteiger partial charge in [-0.2, -0.15) is 0 Å². The van der Waals surface area contributed by atoms with Crippen molar-refractivity contribution in [2.24, 2.45) is 0 Å². The molecule has 1 aromatic rings. The molecule has 1 aromatic heterocycles. The summed E-state index contributed by atoms with van der Waals surface area (Å²) in [4.78, 5) is 0. The van der Waals surface area contributed by atoms with E-state index in [-0.39, 0.29) is 6.04 Å². The van der Waals surface area contributed by atoms with Crippen LogP contribution in [-0.2, 0) is 4.74 Å². The normalized spacial score (nSPS) is 23.9. The van der Waals surface area contributed by atoms with Crippen molar-refractivity contribution >= 4 is 0 Å². The van der Waals surface area contributed by atoms with Crippen LogP contribution in [0.3, 0.4) is 0 Å². The maximum Gasteiger partial charge on any atom is 0.120 e. The molecule has 2 rings (SSSR count). The SMILES string of the molecule is C[C@H](NCC1CCCCO1)c1ccco1. The fraction of sp³-hybridized carbons (Fsp3) is 0.667. The average molecular weight is 209 g/mol. The van der Waals surface area contributed by atoms with Crippen LogP contribution in [0.4, 0.5) is 0 Å². The van der Waals surface area contributed by atoms with Crippen LogP contribution < -0.4 is 5.32 Å². The number of hydrogen-bond acceptors (Lipinski definition) is 3. The van der Waals surface area contributed by atoms with Crippen molar-refractivity contribution < 1.29 is 9.15 Å². The van der Waals surface area contributed by atoms with Gasteiger partial charge in [0.15, 0.2) is 0 Å². The highest BCUT2D eigenvalue weighted by molar-refractivity contribution is 5.02. The van der Waals surface area contributed by atoms with Gasteiger partial charge in [0.05, 0.1) is 18.4 Å². The van der Waals surface area contributed by atoms with E-state index in [2.05, 4.69) is 12.2 Å². The van der Waals surface area contributed by atoms with Gasteiger partial charge in [0, 0.05) is 13.2 Å². The zero-order valence-electron chi connectivity index (χ0n) is 9.24. The minimum absolute atomic E-state index is 0.269. The summed E-state index contributed by atoms with van der Waals surface area (Å²) in [6, 6.07) is 4.19. The van der Waals surface area contributed by atoms with E-state index in [0.717, 1.165) is 18.9 Å². The minimum atomic E-state index is 0.269. The van der Waals surface area contributed by atoms with Crippen LogP contribution in [0, 0.1) is 0 Å². The Balaban J connectivity index is 1.73. The quantitative estimate of drug-likeness (QED) is 0.827. The van der Waals surface area contributed by atoms with Gasteiger partial charge in [-0.05, 0) is 38.3 Å². The van der Waals surface area contributed by atoms with Gasteiger partial charge in [-0.3, -0.25) is 0 Å². The van der Waals surface area contributed by atoms with Crippen molar-refractivity contribution in [2.75, 3.05) is 13.2 Å². The summed E-state index contributed by atoms with van der Waals surface area (Å²) in [5.41, 5.74) is 0. The van der Waals surface area contributed by atoms with E-state index in [1.54, 1.807) is 6.26 Å². The van der Waals surface area contributed by atoms with Crippen LogP contribution >= 0.6 is 0 Å². The van der Waals surface area contributed by atoms with E-state index >= 15 is 0 Å². The lowest BCUT2D eigenvalue weighted by molar-refractivity contribution is 0.0153. The fourth-order valence-corrected chi connectivity index (χ4v) is 1.91. The molecular formula is C12H19NO2. The second kappa shape index (κ2) is 5.33. The van der Waals surface area contributed by atoms with Gasteiger partial charge in [-0.15, -0.1) is 0 Å². The van der Waals surface area contributed by atoms with Gasteiger partial charge >= 0.3 is 0 Å². The number of hydrogen-bond donors (Lipinski definition) is 1. The van der Waals surface area contributed by atoms with Crippen molar-refractivity contribution in [1.82, 2.24) is 5.32 Å². The van der Waals surface area contributed by atoms with Crippen LogP contribution in [0.5, 0.6) is 0 Å². The van der Waals surface area contributed by atoms with Crippen LogP contribution in [0.15, 0.2) is 22.8 Å². The third kappa shape index (κ3) is 3.08. The molecule has 0 bridgehead atoms. The molecule has 1 fully saturated rings. The molecular weight excluding hydrogens is 190 g/mol. The zero-order chi connectivity index (χ0) is 10.5. The summed E-state index contributed by atoms with van der Waals surface area (Å²) in [6.45, 7) is 3.95. The fourth-order valence-electron chi connectivity index (χ4n) is 1.91. The van der Waals surface area contributed by atoms with Crippen molar-refractivity contribution in [3.63, 3.8) is 0 Å². The van der Waals surface area contributed by atoms with E-state index < -0.39 is 0 Å². The molecule has 0 saturated carbocycles. The average Bonchev–Trinajstić information content (AvgIpc) is 2.81. The summed E-state index contributed by atoms with van der Waals surface area (Å²) < 4.78 is 11.0. The van der Waals surface area contributed by atoms with Crippen LogP contribution in [0.1, 0.15) is 38.0 Å². The summed E-state index contributed by atoms with van der Waals surface area (Å²) in [5.74, 6) is 0.991. The molecule has 0 radical (unpaired) electrons. The highest BCUT2D eigenvalue weighted by Gasteiger charge is 2.15.